The summed E-state index contributed by atoms with van der Waals surface area (Å²) in [5, 5.41) is 0. The molecule has 0 saturated heterocycles. The van der Waals surface area contributed by atoms with Gasteiger partial charge in [-0.05, 0) is 61.8 Å². The highest BCUT2D eigenvalue weighted by molar-refractivity contribution is 5.41. The smallest absolute Gasteiger partial charge is 0.238 e. The molecule has 0 aromatic heterocycles. The molecule has 2 aromatic rings. The maximum Gasteiger partial charge on any atom is 0.238 e. The van der Waals surface area contributed by atoms with E-state index in [-0.39, 0.29) is 0 Å². The van der Waals surface area contributed by atoms with Gasteiger partial charge in [0.25, 0.3) is 0 Å². The largest absolute Gasteiger partial charge is 0.455 e. The summed E-state index contributed by atoms with van der Waals surface area (Å²) in [5.41, 5.74) is 9.48. The zero-order valence-electron chi connectivity index (χ0n) is 18.6. The fourth-order valence-corrected chi connectivity index (χ4v) is 3.48. The molecule has 0 aliphatic heterocycles. The number of rotatable bonds is 9. The van der Waals surface area contributed by atoms with Crippen LogP contribution in [-0.4, -0.2) is 6.29 Å². The normalized spacial score (nSPS) is 13.1. The first kappa shape index (κ1) is 22.3. The van der Waals surface area contributed by atoms with Crippen LogP contribution in [0.1, 0.15) is 65.2 Å². The van der Waals surface area contributed by atoms with Crippen molar-refractivity contribution in [3.63, 3.8) is 0 Å². The number of para-hydroxylation sites is 1. The van der Waals surface area contributed by atoms with Gasteiger partial charge in [-0.15, -0.1) is 0 Å². The van der Waals surface area contributed by atoms with Gasteiger partial charge < -0.3 is 15.2 Å². The van der Waals surface area contributed by atoms with Crippen molar-refractivity contribution in [3.05, 3.63) is 59.2 Å². The quantitative estimate of drug-likeness (QED) is 0.534. The molecule has 0 saturated carbocycles. The number of ether oxygens (including phenoxy) is 2. The van der Waals surface area contributed by atoms with Gasteiger partial charge in [0, 0.05) is 18.0 Å². The molecule has 0 amide bonds. The fraction of sp³-hybridized carbons (Fsp3) is 0.520. The summed E-state index contributed by atoms with van der Waals surface area (Å²) in [5.74, 6) is 2.86. The van der Waals surface area contributed by atoms with Crippen LogP contribution in [0, 0.1) is 11.8 Å². The van der Waals surface area contributed by atoms with Crippen molar-refractivity contribution >= 4 is 0 Å². The number of hydrogen-bond acceptors (Lipinski definition) is 3. The van der Waals surface area contributed by atoms with Gasteiger partial charge in [-0.2, -0.15) is 0 Å². The van der Waals surface area contributed by atoms with Crippen molar-refractivity contribution in [2.24, 2.45) is 17.6 Å². The third-order valence-electron chi connectivity index (χ3n) is 4.64. The van der Waals surface area contributed by atoms with Gasteiger partial charge in [-0.25, -0.2) is 0 Å². The Kier molecular flexibility index (Phi) is 7.54. The SMILES string of the molecule is CC(C)Cc1cccc(OC(C)Oc2ccccc2C(C)(C)N)c1CC(C)C. The van der Waals surface area contributed by atoms with E-state index in [1.165, 1.54) is 11.1 Å². The van der Waals surface area contributed by atoms with Crippen molar-refractivity contribution in [2.45, 2.75) is 73.1 Å². The Morgan fingerprint density at radius 1 is 0.786 bits per heavy atom. The molecule has 28 heavy (non-hydrogen) atoms. The van der Waals surface area contributed by atoms with E-state index in [1.54, 1.807) is 0 Å². The summed E-state index contributed by atoms with van der Waals surface area (Å²) in [6.07, 6.45) is 1.64. The molecule has 3 heteroatoms. The average molecular weight is 384 g/mol. The van der Waals surface area contributed by atoms with Crippen molar-refractivity contribution in [1.29, 1.82) is 0 Å². The Balaban J connectivity index is 2.26. The second-order valence-electron chi connectivity index (χ2n) is 9.11. The highest BCUT2D eigenvalue weighted by Crippen LogP contribution is 2.31. The van der Waals surface area contributed by atoms with Crippen LogP contribution in [0.2, 0.25) is 0 Å². The molecule has 3 nitrogen and oxygen atoms in total. The summed E-state index contributed by atoms with van der Waals surface area (Å²) in [4.78, 5) is 0. The summed E-state index contributed by atoms with van der Waals surface area (Å²) in [7, 11) is 0. The molecule has 2 N–H and O–H groups in total. The Labute approximate surface area is 171 Å². The molecule has 1 unspecified atom stereocenters. The fourth-order valence-electron chi connectivity index (χ4n) is 3.48. The van der Waals surface area contributed by atoms with E-state index < -0.39 is 11.8 Å². The summed E-state index contributed by atoms with van der Waals surface area (Å²) >= 11 is 0. The molecule has 0 spiro atoms. The lowest BCUT2D eigenvalue weighted by molar-refractivity contribution is 0.0199. The van der Waals surface area contributed by atoms with E-state index in [0.29, 0.717) is 11.8 Å². The molecular weight excluding hydrogens is 346 g/mol. The molecule has 0 aliphatic carbocycles. The maximum atomic E-state index is 6.31. The molecular formula is C25H37NO2. The Bertz CT molecular complexity index is 759. The summed E-state index contributed by atoms with van der Waals surface area (Å²) in [6.45, 7) is 14.9. The highest BCUT2D eigenvalue weighted by atomic mass is 16.7. The van der Waals surface area contributed by atoms with Crippen molar-refractivity contribution in [3.8, 4) is 11.5 Å². The van der Waals surface area contributed by atoms with Crippen molar-refractivity contribution in [2.75, 3.05) is 0 Å². The Morgan fingerprint density at radius 3 is 1.96 bits per heavy atom. The molecule has 0 bridgehead atoms. The number of hydrogen-bond donors (Lipinski definition) is 1. The minimum Gasteiger partial charge on any atom is -0.455 e. The molecule has 1 atom stereocenters. The van der Waals surface area contributed by atoms with E-state index in [0.717, 1.165) is 29.9 Å². The van der Waals surface area contributed by atoms with Crippen LogP contribution < -0.4 is 15.2 Å². The van der Waals surface area contributed by atoms with Gasteiger partial charge in [0.2, 0.25) is 6.29 Å². The third kappa shape index (κ3) is 6.27. The molecule has 2 aromatic carbocycles. The maximum absolute atomic E-state index is 6.31. The summed E-state index contributed by atoms with van der Waals surface area (Å²) < 4.78 is 12.4. The van der Waals surface area contributed by atoms with Crippen LogP contribution in [0.4, 0.5) is 0 Å². The van der Waals surface area contributed by atoms with Crippen LogP contribution in [0.3, 0.4) is 0 Å². The van der Waals surface area contributed by atoms with Crippen molar-refractivity contribution in [1.82, 2.24) is 0 Å². The lowest BCUT2D eigenvalue weighted by Crippen LogP contribution is -2.30. The lowest BCUT2D eigenvalue weighted by atomic mass is 9.92. The van der Waals surface area contributed by atoms with Gasteiger partial charge >= 0.3 is 0 Å². The number of benzene rings is 2. The highest BCUT2D eigenvalue weighted by Gasteiger charge is 2.21. The van der Waals surface area contributed by atoms with Crippen LogP contribution in [-0.2, 0) is 18.4 Å². The van der Waals surface area contributed by atoms with Crippen LogP contribution >= 0.6 is 0 Å². The average Bonchev–Trinajstić information content (AvgIpc) is 2.56. The predicted molar refractivity (Wildman–Crippen MR) is 118 cm³/mol. The zero-order chi connectivity index (χ0) is 20.9. The molecule has 0 radical (unpaired) electrons. The van der Waals surface area contributed by atoms with Gasteiger partial charge in [0.1, 0.15) is 11.5 Å². The van der Waals surface area contributed by atoms with Gasteiger partial charge in [0.05, 0.1) is 0 Å². The first-order chi connectivity index (χ1) is 13.1. The molecule has 2 rings (SSSR count). The topological polar surface area (TPSA) is 44.5 Å². The minimum absolute atomic E-state index is 0.413. The first-order valence-electron chi connectivity index (χ1n) is 10.4. The standard InChI is InChI=1S/C25H37NO2/c1-17(2)15-20-11-10-14-23(21(20)16-18(3)4)27-19(5)28-24-13-9-8-12-22(24)25(6,7)26/h8-14,17-19H,15-16,26H2,1-7H3. The van der Waals surface area contributed by atoms with Crippen LogP contribution in [0.15, 0.2) is 42.5 Å². The lowest BCUT2D eigenvalue weighted by Gasteiger charge is -2.26. The van der Waals surface area contributed by atoms with Crippen LogP contribution in [0.25, 0.3) is 0 Å². The molecule has 0 heterocycles. The van der Waals surface area contributed by atoms with E-state index in [4.69, 9.17) is 15.2 Å². The third-order valence-corrected chi connectivity index (χ3v) is 4.64. The summed E-state index contributed by atoms with van der Waals surface area (Å²) in [6, 6.07) is 14.3. The van der Waals surface area contributed by atoms with Gasteiger partial charge in [-0.3, -0.25) is 0 Å². The van der Waals surface area contributed by atoms with E-state index >= 15 is 0 Å². The molecule has 0 fully saturated rings. The van der Waals surface area contributed by atoms with E-state index in [9.17, 15) is 0 Å². The Morgan fingerprint density at radius 2 is 1.36 bits per heavy atom. The predicted octanol–water partition coefficient (Wildman–Crippen LogP) is 6.08. The van der Waals surface area contributed by atoms with Crippen LogP contribution in [0.5, 0.6) is 11.5 Å². The number of nitrogens with two attached hydrogens (primary N) is 1. The van der Waals surface area contributed by atoms with E-state index in [2.05, 4.69) is 45.9 Å². The molecule has 0 aliphatic rings. The zero-order valence-corrected chi connectivity index (χ0v) is 18.6. The second kappa shape index (κ2) is 9.47. The van der Waals surface area contributed by atoms with E-state index in [1.807, 2.05) is 45.0 Å². The first-order valence-corrected chi connectivity index (χ1v) is 10.4. The minimum atomic E-state index is -0.476. The Hall–Kier alpha value is -2.00. The van der Waals surface area contributed by atoms with Gasteiger partial charge in [0.15, 0.2) is 0 Å². The monoisotopic (exact) mass is 383 g/mol. The van der Waals surface area contributed by atoms with Gasteiger partial charge in [-0.1, -0.05) is 58.0 Å². The molecule has 154 valence electrons. The second-order valence-corrected chi connectivity index (χ2v) is 9.11. The van der Waals surface area contributed by atoms with Crippen molar-refractivity contribution < 1.29 is 9.47 Å².